The van der Waals surface area contributed by atoms with E-state index in [-0.39, 0.29) is 5.82 Å². The molecule has 0 spiro atoms. The van der Waals surface area contributed by atoms with E-state index in [2.05, 4.69) is 4.98 Å². The maximum atomic E-state index is 13.7. The molecule has 0 bridgehead atoms. The van der Waals surface area contributed by atoms with Gasteiger partial charge in [-0.15, -0.1) is 0 Å². The summed E-state index contributed by atoms with van der Waals surface area (Å²) < 4.78 is 32.7. The van der Waals surface area contributed by atoms with Crippen LogP contribution in [0.1, 0.15) is 6.23 Å². The van der Waals surface area contributed by atoms with Crippen LogP contribution < -0.4 is 11.4 Å². The topological polar surface area (TPSA) is 111 Å². The highest BCUT2D eigenvalue weighted by Gasteiger charge is 2.59. The molecular formula is C9H11F2N3O4. The van der Waals surface area contributed by atoms with E-state index in [9.17, 15) is 18.7 Å². The Balaban J connectivity index is 2.42. The van der Waals surface area contributed by atoms with E-state index in [0.717, 1.165) is 12.3 Å². The van der Waals surface area contributed by atoms with E-state index >= 15 is 0 Å². The molecule has 0 radical (unpaired) electrons. The van der Waals surface area contributed by atoms with E-state index in [1.54, 1.807) is 0 Å². The second-order valence-electron chi connectivity index (χ2n) is 3.87. The monoisotopic (exact) mass is 263 g/mol. The van der Waals surface area contributed by atoms with E-state index < -0.39 is 36.7 Å². The number of nitrogen functional groups attached to an aromatic ring is 1. The molecule has 1 aliphatic rings. The van der Waals surface area contributed by atoms with Crippen molar-refractivity contribution in [2.75, 3.05) is 12.3 Å². The summed E-state index contributed by atoms with van der Waals surface area (Å²) in [5, 5.41) is 18.1. The van der Waals surface area contributed by atoms with Gasteiger partial charge in [-0.1, -0.05) is 0 Å². The molecule has 3 atom stereocenters. The summed E-state index contributed by atoms with van der Waals surface area (Å²) in [4.78, 5) is 14.7. The first kappa shape index (κ1) is 12.9. The van der Waals surface area contributed by atoms with Crippen molar-refractivity contribution >= 4 is 5.82 Å². The number of nitrogens with zero attached hydrogens (tertiary/aromatic N) is 2. The number of rotatable bonds is 2. The number of anilines is 1. The van der Waals surface area contributed by atoms with Gasteiger partial charge in [0.2, 0.25) is 6.23 Å². The lowest BCUT2D eigenvalue weighted by molar-refractivity contribution is -0.140. The number of aromatic nitrogens is 2. The molecule has 1 saturated heterocycles. The maximum absolute atomic E-state index is 13.7. The fourth-order valence-electron chi connectivity index (χ4n) is 1.72. The SMILES string of the molecule is Nc1ccn([C@@H]2O[C@@H](CO)[C@@H](O)C2(F)F)c(=O)n1. The van der Waals surface area contributed by atoms with Gasteiger partial charge in [-0.05, 0) is 6.07 Å². The Morgan fingerprint density at radius 3 is 2.78 bits per heavy atom. The molecule has 0 aromatic carbocycles. The molecule has 1 fully saturated rings. The number of nitrogens with two attached hydrogens (primary N) is 1. The number of aliphatic hydroxyl groups excluding tert-OH is 2. The standard InChI is InChI=1S/C9H11F2N3O4/c10-9(11)6(16)4(3-15)18-7(9)14-2-1-5(12)13-8(14)17/h1-2,4,6-7,15-16H,3H2,(H2,12,13,17)/t4-,6+,7+/m0/s1. The Bertz CT molecular complexity index is 507. The second-order valence-corrected chi connectivity index (χ2v) is 3.87. The molecule has 0 amide bonds. The number of halogens is 2. The van der Waals surface area contributed by atoms with Crippen LogP contribution in [-0.4, -0.2) is 44.5 Å². The number of aliphatic hydroxyl groups is 2. The van der Waals surface area contributed by atoms with Gasteiger partial charge >= 0.3 is 11.6 Å². The minimum absolute atomic E-state index is 0.114. The molecule has 0 saturated carbocycles. The number of ether oxygens (including phenoxy) is 1. The van der Waals surface area contributed by atoms with Gasteiger partial charge < -0.3 is 20.7 Å². The molecule has 9 heteroatoms. The van der Waals surface area contributed by atoms with Crippen LogP contribution in [-0.2, 0) is 4.74 Å². The van der Waals surface area contributed by atoms with Gasteiger partial charge in [0.05, 0.1) is 6.61 Å². The summed E-state index contributed by atoms with van der Waals surface area (Å²) in [7, 11) is 0. The molecule has 2 rings (SSSR count). The minimum Gasteiger partial charge on any atom is -0.394 e. The lowest BCUT2D eigenvalue weighted by Gasteiger charge is -2.20. The van der Waals surface area contributed by atoms with Crippen LogP contribution in [0, 0.1) is 0 Å². The Morgan fingerprint density at radius 1 is 1.61 bits per heavy atom. The Hall–Kier alpha value is -1.58. The zero-order chi connectivity index (χ0) is 13.5. The average molecular weight is 263 g/mol. The van der Waals surface area contributed by atoms with Gasteiger partial charge in [0.25, 0.3) is 0 Å². The van der Waals surface area contributed by atoms with Gasteiger partial charge in [0.15, 0.2) is 6.10 Å². The van der Waals surface area contributed by atoms with Crippen molar-refractivity contribution in [3.05, 3.63) is 22.7 Å². The lowest BCUT2D eigenvalue weighted by atomic mass is 10.1. The smallest absolute Gasteiger partial charge is 0.351 e. The predicted octanol–water partition coefficient (Wildman–Crippen LogP) is -1.29. The minimum atomic E-state index is -3.71. The highest BCUT2D eigenvalue weighted by molar-refractivity contribution is 5.23. The van der Waals surface area contributed by atoms with Crippen LogP contribution >= 0.6 is 0 Å². The van der Waals surface area contributed by atoms with Gasteiger partial charge in [0, 0.05) is 6.20 Å². The zero-order valence-electron chi connectivity index (χ0n) is 9.03. The van der Waals surface area contributed by atoms with Gasteiger partial charge in [-0.25, -0.2) is 4.79 Å². The third kappa shape index (κ3) is 1.85. The Labute approximate surface area is 99.4 Å². The van der Waals surface area contributed by atoms with Crippen molar-refractivity contribution in [2.24, 2.45) is 0 Å². The largest absolute Gasteiger partial charge is 0.394 e. The molecule has 18 heavy (non-hydrogen) atoms. The molecule has 2 heterocycles. The number of hydrogen-bond acceptors (Lipinski definition) is 6. The molecule has 1 aromatic heterocycles. The number of hydrogen-bond donors (Lipinski definition) is 3. The maximum Gasteiger partial charge on any atom is 0.351 e. The fraction of sp³-hybridized carbons (Fsp3) is 0.556. The van der Waals surface area contributed by atoms with Gasteiger partial charge in [0.1, 0.15) is 11.9 Å². The van der Waals surface area contributed by atoms with Crippen LogP contribution in [0.15, 0.2) is 17.1 Å². The first-order chi connectivity index (χ1) is 8.37. The zero-order valence-corrected chi connectivity index (χ0v) is 9.03. The summed E-state index contributed by atoms with van der Waals surface area (Å²) in [6.45, 7) is -0.787. The summed E-state index contributed by atoms with van der Waals surface area (Å²) in [5.74, 6) is -3.83. The van der Waals surface area contributed by atoms with Crippen LogP contribution in [0.2, 0.25) is 0 Å². The predicted molar refractivity (Wildman–Crippen MR) is 54.9 cm³/mol. The normalized spacial score (nSPS) is 30.6. The van der Waals surface area contributed by atoms with E-state index in [0.29, 0.717) is 4.57 Å². The van der Waals surface area contributed by atoms with Crippen molar-refractivity contribution in [3.8, 4) is 0 Å². The summed E-state index contributed by atoms with van der Waals surface area (Å²) >= 11 is 0. The van der Waals surface area contributed by atoms with Crippen LogP contribution in [0.25, 0.3) is 0 Å². The summed E-state index contributed by atoms with van der Waals surface area (Å²) in [6.07, 6.45) is -4.69. The third-order valence-corrected chi connectivity index (χ3v) is 2.66. The first-order valence-corrected chi connectivity index (χ1v) is 5.04. The van der Waals surface area contributed by atoms with Crippen molar-refractivity contribution in [1.29, 1.82) is 0 Å². The quantitative estimate of drug-likeness (QED) is 0.612. The van der Waals surface area contributed by atoms with Gasteiger partial charge in [-0.3, -0.25) is 4.57 Å². The molecule has 7 nitrogen and oxygen atoms in total. The highest BCUT2D eigenvalue weighted by atomic mass is 19.3. The van der Waals surface area contributed by atoms with Crippen LogP contribution in [0.3, 0.4) is 0 Å². The first-order valence-electron chi connectivity index (χ1n) is 5.04. The summed E-state index contributed by atoms with van der Waals surface area (Å²) in [5.41, 5.74) is 4.21. The van der Waals surface area contributed by atoms with Crippen molar-refractivity contribution in [3.63, 3.8) is 0 Å². The van der Waals surface area contributed by atoms with Crippen LogP contribution in [0.5, 0.6) is 0 Å². The fourth-order valence-corrected chi connectivity index (χ4v) is 1.72. The summed E-state index contributed by atoms with van der Waals surface area (Å²) in [6, 6.07) is 1.15. The Kier molecular flexibility index (Phi) is 3.05. The van der Waals surface area contributed by atoms with E-state index in [1.165, 1.54) is 0 Å². The molecule has 0 unspecified atom stereocenters. The highest BCUT2D eigenvalue weighted by Crippen LogP contribution is 2.41. The number of alkyl halides is 2. The molecule has 1 aromatic rings. The van der Waals surface area contributed by atoms with Crippen LogP contribution in [0.4, 0.5) is 14.6 Å². The lowest BCUT2D eigenvalue weighted by Crippen LogP contribution is -2.41. The molecule has 0 aliphatic carbocycles. The molecular weight excluding hydrogens is 252 g/mol. The van der Waals surface area contributed by atoms with Crippen molar-refractivity contribution < 1.29 is 23.7 Å². The third-order valence-electron chi connectivity index (χ3n) is 2.66. The average Bonchev–Trinajstić information content (AvgIpc) is 2.52. The molecule has 4 N–H and O–H groups in total. The van der Waals surface area contributed by atoms with Gasteiger partial charge in [-0.2, -0.15) is 13.8 Å². The second kappa shape index (κ2) is 4.26. The van der Waals surface area contributed by atoms with Crippen molar-refractivity contribution in [2.45, 2.75) is 24.4 Å². The van der Waals surface area contributed by atoms with E-state index in [4.69, 9.17) is 15.6 Å². The molecule has 100 valence electrons. The Morgan fingerprint density at radius 2 is 2.28 bits per heavy atom. The van der Waals surface area contributed by atoms with Crippen molar-refractivity contribution in [1.82, 2.24) is 9.55 Å². The molecule has 1 aliphatic heterocycles. The van der Waals surface area contributed by atoms with E-state index in [1.807, 2.05) is 0 Å².